The first-order valence-electron chi connectivity index (χ1n) is 5.06. The second kappa shape index (κ2) is 4.99. The van der Waals surface area contributed by atoms with E-state index in [-0.39, 0.29) is 0 Å². The minimum absolute atomic E-state index is 0.528. The number of thioether (sulfide) groups is 1. The molecule has 0 bridgehead atoms. The van der Waals surface area contributed by atoms with Crippen molar-refractivity contribution in [3.05, 3.63) is 16.6 Å². The summed E-state index contributed by atoms with van der Waals surface area (Å²) < 4.78 is 0. The van der Waals surface area contributed by atoms with Crippen LogP contribution >= 0.6 is 23.1 Å². The van der Waals surface area contributed by atoms with Crippen molar-refractivity contribution >= 4 is 28.3 Å². The van der Waals surface area contributed by atoms with Crippen molar-refractivity contribution in [1.29, 1.82) is 0 Å². The van der Waals surface area contributed by atoms with E-state index in [0.717, 1.165) is 16.6 Å². The molecule has 1 aliphatic rings. The van der Waals surface area contributed by atoms with Crippen LogP contribution in [0.25, 0.3) is 0 Å². The van der Waals surface area contributed by atoms with Gasteiger partial charge < -0.3 is 5.32 Å². The minimum Gasteiger partial charge on any atom is -0.362 e. The van der Waals surface area contributed by atoms with Crippen LogP contribution in [0.3, 0.4) is 0 Å². The van der Waals surface area contributed by atoms with Gasteiger partial charge in [-0.3, -0.25) is 4.99 Å². The van der Waals surface area contributed by atoms with E-state index in [1.807, 2.05) is 22.7 Å². The minimum atomic E-state index is 0.528. The van der Waals surface area contributed by atoms with E-state index in [0.29, 0.717) is 18.5 Å². The molecule has 82 valence electrons. The number of nitrogens with one attached hydrogen (secondary N) is 1. The highest BCUT2D eigenvalue weighted by Crippen LogP contribution is 2.19. The maximum atomic E-state index is 4.52. The fourth-order valence-electron chi connectivity index (χ4n) is 1.29. The fourth-order valence-corrected chi connectivity index (χ4v) is 2.98. The quantitative estimate of drug-likeness (QED) is 0.863. The molecule has 2 unspecified atom stereocenters. The summed E-state index contributed by atoms with van der Waals surface area (Å²) in [7, 11) is 0. The molecule has 0 aliphatic carbocycles. The molecule has 1 aliphatic heterocycles. The number of nitrogens with zero attached hydrogens (tertiary/aromatic N) is 2. The summed E-state index contributed by atoms with van der Waals surface area (Å²) >= 11 is 3.43. The number of amidine groups is 1. The zero-order valence-corrected chi connectivity index (χ0v) is 10.6. The Kier molecular flexibility index (Phi) is 3.64. The molecule has 2 heterocycles. The summed E-state index contributed by atoms with van der Waals surface area (Å²) in [5.41, 5.74) is 2.91. The Hall–Kier alpha value is -0.550. The van der Waals surface area contributed by atoms with Gasteiger partial charge in [0, 0.05) is 17.2 Å². The molecule has 0 spiro atoms. The van der Waals surface area contributed by atoms with Gasteiger partial charge in [-0.2, -0.15) is 0 Å². The summed E-state index contributed by atoms with van der Waals surface area (Å²) in [4.78, 5) is 8.73. The molecular weight excluding hydrogens is 226 g/mol. The Labute approximate surface area is 98.4 Å². The molecule has 2 rings (SSSR count). The van der Waals surface area contributed by atoms with Gasteiger partial charge in [0.25, 0.3) is 0 Å². The van der Waals surface area contributed by atoms with Gasteiger partial charge in [0.2, 0.25) is 0 Å². The monoisotopic (exact) mass is 241 g/mol. The molecule has 2 atom stereocenters. The molecule has 3 nitrogen and oxygen atoms in total. The lowest BCUT2D eigenvalue weighted by molar-refractivity contribution is 0.490. The lowest BCUT2D eigenvalue weighted by Crippen LogP contribution is -2.41. The lowest BCUT2D eigenvalue weighted by Gasteiger charge is -2.28. The van der Waals surface area contributed by atoms with Crippen molar-refractivity contribution in [2.24, 2.45) is 10.9 Å². The number of rotatable bonds is 2. The number of aromatic nitrogens is 1. The zero-order chi connectivity index (χ0) is 10.7. The maximum Gasteiger partial charge on any atom is 0.157 e. The van der Waals surface area contributed by atoms with Crippen LogP contribution in [0.2, 0.25) is 0 Å². The predicted molar refractivity (Wildman–Crippen MR) is 67.5 cm³/mol. The van der Waals surface area contributed by atoms with Crippen LogP contribution in [-0.4, -0.2) is 21.9 Å². The maximum absolute atomic E-state index is 4.52. The number of hydrogen-bond donors (Lipinski definition) is 1. The van der Waals surface area contributed by atoms with Gasteiger partial charge in [-0.05, 0) is 12.8 Å². The molecule has 0 amide bonds. The topological polar surface area (TPSA) is 37.3 Å². The van der Waals surface area contributed by atoms with E-state index >= 15 is 0 Å². The van der Waals surface area contributed by atoms with E-state index in [1.54, 1.807) is 11.3 Å². The first-order valence-corrected chi connectivity index (χ1v) is 6.99. The Morgan fingerprint density at radius 1 is 1.60 bits per heavy atom. The molecule has 1 aromatic heterocycles. The van der Waals surface area contributed by atoms with E-state index in [4.69, 9.17) is 0 Å². The van der Waals surface area contributed by atoms with Crippen molar-refractivity contribution in [1.82, 2.24) is 10.3 Å². The van der Waals surface area contributed by atoms with Crippen molar-refractivity contribution in [2.45, 2.75) is 26.4 Å². The van der Waals surface area contributed by atoms with Gasteiger partial charge in [0.05, 0.1) is 17.7 Å². The molecule has 1 saturated heterocycles. The van der Waals surface area contributed by atoms with Crippen LogP contribution in [0, 0.1) is 5.92 Å². The van der Waals surface area contributed by atoms with Crippen molar-refractivity contribution in [3.63, 3.8) is 0 Å². The van der Waals surface area contributed by atoms with Crippen LogP contribution in [0.5, 0.6) is 0 Å². The van der Waals surface area contributed by atoms with E-state index in [1.165, 1.54) is 0 Å². The third-order valence-electron chi connectivity index (χ3n) is 2.56. The summed E-state index contributed by atoms with van der Waals surface area (Å²) in [6, 6.07) is 0.528. The average Bonchev–Trinajstić information content (AvgIpc) is 2.73. The highest BCUT2D eigenvalue weighted by atomic mass is 32.2. The highest BCUT2D eigenvalue weighted by molar-refractivity contribution is 8.13. The Morgan fingerprint density at radius 2 is 2.47 bits per heavy atom. The predicted octanol–water partition coefficient (Wildman–Crippen LogP) is 2.36. The molecule has 1 N–H and O–H groups in total. The molecule has 0 saturated carbocycles. The molecule has 15 heavy (non-hydrogen) atoms. The van der Waals surface area contributed by atoms with Crippen LogP contribution in [0.15, 0.2) is 15.9 Å². The fraction of sp³-hybridized carbons (Fsp3) is 0.600. The van der Waals surface area contributed by atoms with Crippen LogP contribution in [0.4, 0.5) is 0 Å². The number of hydrogen-bond acceptors (Lipinski definition) is 4. The van der Waals surface area contributed by atoms with E-state index in [2.05, 4.69) is 29.1 Å². The highest BCUT2D eigenvalue weighted by Gasteiger charge is 2.20. The van der Waals surface area contributed by atoms with Crippen molar-refractivity contribution < 1.29 is 0 Å². The van der Waals surface area contributed by atoms with E-state index < -0.39 is 0 Å². The third kappa shape index (κ3) is 2.95. The Balaban J connectivity index is 1.91. The molecule has 1 fully saturated rings. The van der Waals surface area contributed by atoms with Crippen molar-refractivity contribution in [3.8, 4) is 0 Å². The second-order valence-electron chi connectivity index (χ2n) is 3.82. The molecule has 5 heteroatoms. The zero-order valence-electron chi connectivity index (χ0n) is 8.93. The molecule has 0 aromatic carbocycles. The first kappa shape index (κ1) is 11.0. The summed E-state index contributed by atoms with van der Waals surface area (Å²) in [5.74, 6) is 1.87. The Bertz CT molecular complexity index is 334. The van der Waals surface area contributed by atoms with Gasteiger partial charge in [-0.1, -0.05) is 18.7 Å². The van der Waals surface area contributed by atoms with Gasteiger partial charge in [-0.15, -0.1) is 11.3 Å². The van der Waals surface area contributed by atoms with Gasteiger partial charge in [0.1, 0.15) is 0 Å². The summed E-state index contributed by atoms with van der Waals surface area (Å²) in [5, 5.41) is 6.53. The van der Waals surface area contributed by atoms with Gasteiger partial charge in [0.15, 0.2) is 5.17 Å². The summed E-state index contributed by atoms with van der Waals surface area (Å²) in [6.07, 6.45) is 0. The normalized spacial score (nSPS) is 29.1. The SMILES string of the molecule is CC1CSC(=NCc2cscn2)NC1C. The smallest absolute Gasteiger partial charge is 0.157 e. The van der Waals surface area contributed by atoms with Gasteiger partial charge in [-0.25, -0.2) is 4.98 Å². The van der Waals surface area contributed by atoms with Crippen LogP contribution in [0.1, 0.15) is 19.5 Å². The molecular formula is C10H15N3S2. The van der Waals surface area contributed by atoms with Crippen LogP contribution in [-0.2, 0) is 6.54 Å². The van der Waals surface area contributed by atoms with Gasteiger partial charge >= 0.3 is 0 Å². The standard InChI is InChI=1S/C10H15N3S2/c1-7-4-15-10(13-8(7)2)11-3-9-5-14-6-12-9/h5-8H,3-4H2,1-2H3,(H,11,13). The molecule has 0 radical (unpaired) electrons. The van der Waals surface area contributed by atoms with Crippen molar-refractivity contribution in [2.75, 3.05) is 5.75 Å². The van der Waals surface area contributed by atoms with Crippen LogP contribution < -0.4 is 5.32 Å². The first-order chi connectivity index (χ1) is 7.25. The third-order valence-corrected chi connectivity index (χ3v) is 4.40. The van der Waals surface area contributed by atoms with E-state index in [9.17, 15) is 0 Å². The lowest BCUT2D eigenvalue weighted by atomic mass is 10.1. The largest absolute Gasteiger partial charge is 0.362 e. The Morgan fingerprint density at radius 3 is 3.13 bits per heavy atom. The summed E-state index contributed by atoms with van der Waals surface area (Å²) in [6.45, 7) is 5.17. The number of thiazole rings is 1. The second-order valence-corrected chi connectivity index (χ2v) is 5.55. The number of aliphatic imine (C=N–C) groups is 1. The average molecular weight is 241 g/mol. The molecule has 1 aromatic rings.